The van der Waals surface area contributed by atoms with Crippen LogP contribution in [0.5, 0.6) is 0 Å². The number of anilines is 1. The Morgan fingerprint density at radius 3 is 2.85 bits per heavy atom. The van der Waals surface area contributed by atoms with E-state index >= 15 is 0 Å². The number of carbonyl (C=O) groups excluding carboxylic acids is 1. The predicted octanol–water partition coefficient (Wildman–Crippen LogP) is 2.60. The maximum Gasteiger partial charge on any atom is 0.263 e. The van der Waals surface area contributed by atoms with Crippen LogP contribution < -0.4 is 16.4 Å². The smallest absolute Gasteiger partial charge is 0.263 e. The number of nitrogens with zero attached hydrogens (tertiary/aromatic N) is 3. The number of nitrogens with one attached hydrogen (secondary N) is 2. The van der Waals surface area contributed by atoms with E-state index in [-0.39, 0.29) is 11.9 Å². The molecule has 0 aliphatic carbocycles. The Kier molecular flexibility index (Phi) is 6.33. The minimum atomic E-state index is -0.224. The van der Waals surface area contributed by atoms with Crippen LogP contribution in [0, 0.1) is 0 Å². The van der Waals surface area contributed by atoms with Gasteiger partial charge in [0.25, 0.3) is 5.91 Å². The van der Waals surface area contributed by atoms with Crippen LogP contribution in [0.1, 0.15) is 15.2 Å². The zero-order valence-corrected chi connectivity index (χ0v) is 16.2. The third-order valence-electron chi connectivity index (χ3n) is 3.87. The zero-order valence-electron chi connectivity index (χ0n) is 14.6. The van der Waals surface area contributed by atoms with Gasteiger partial charge < -0.3 is 16.4 Å². The molecule has 3 rings (SSSR count). The lowest BCUT2D eigenvalue weighted by Crippen LogP contribution is -2.41. The molecule has 1 aromatic carbocycles. The molecule has 0 aliphatic heterocycles. The Balaban J connectivity index is 1.70. The average molecular weight is 403 g/mol. The van der Waals surface area contributed by atoms with Crippen molar-refractivity contribution in [3.63, 3.8) is 0 Å². The molecule has 0 radical (unpaired) electrons. The van der Waals surface area contributed by atoms with Gasteiger partial charge in [0.2, 0.25) is 5.95 Å². The number of carbonyl (C=O) groups is 1. The van der Waals surface area contributed by atoms with Crippen LogP contribution in [0.4, 0.5) is 5.95 Å². The fourth-order valence-corrected chi connectivity index (χ4v) is 3.48. The summed E-state index contributed by atoms with van der Waals surface area (Å²) in [5.41, 5.74) is 7.43. The van der Waals surface area contributed by atoms with Crippen LogP contribution in [-0.4, -0.2) is 40.5 Å². The minimum Gasteiger partial charge on any atom is -0.357 e. The number of hydrogen-bond acceptors (Lipinski definition) is 7. The highest BCUT2D eigenvalue weighted by atomic mass is 35.5. The van der Waals surface area contributed by atoms with Crippen LogP contribution in [0.3, 0.4) is 0 Å². The lowest BCUT2D eigenvalue weighted by Gasteiger charge is -2.17. The summed E-state index contributed by atoms with van der Waals surface area (Å²) >= 11 is 7.46. The number of benzene rings is 1. The molecule has 0 saturated heterocycles. The van der Waals surface area contributed by atoms with Crippen molar-refractivity contribution in [3.8, 4) is 10.7 Å². The number of hydrogen-bond donors (Lipinski definition) is 3. The molecule has 3 aromatic rings. The molecule has 9 heteroatoms. The number of thiazole rings is 1. The Morgan fingerprint density at radius 1 is 1.30 bits per heavy atom. The Labute approximate surface area is 166 Å². The first kappa shape index (κ1) is 19.2. The van der Waals surface area contributed by atoms with Crippen molar-refractivity contribution >= 4 is 34.8 Å². The summed E-state index contributed by atoms with van der Waals surface area (Å²) in [7, 11) is 1.74. The van der Waals surface area contributed by atoms with Crippen molar-refractivity contribution in [2.24, 2.45) is 5.73 Å². The van der Waals surface area contributed by atoms with Crippen molar-refractivity contribution in [1.29, 1.82) is 0 Å². The molecule has 0 fully saturated rings. The molecule has 2 aromatic heterocycles. The van der Waals surface area contributed by atoms with Crippen LogP contribution in [0.2, 0.25) is 5.02 Å². The van der Waals surface area contributed by atoms with E-state index in [2.05, 4.69) is 25.6 Å². The fourth-order valence-electron chi connectivity index (χ4n) is 2.47. The van der Waals surface area contributed by atoms with Gasteiger partial charge in [-0.2, -0.15) is 0 Å². The third-order valence-corrected chi connectivity index (χ3v) is 5.26. The van der Waals surface area contributed by atoms with Gasteiger partial charge in [0.1, 0.15) is 15.6 Å². The van der Waals surface area contributed by atoms with Gasteiger partial charge in [0, 0.05) is 30.9 Å². The van der Waals surface area contributed by atoms with E-state index in [9.17, 15) is 4.79 Å². The van der Waals surface area contributed by atoms with E-state index in [1.54, 1.807) is 25.5 Å². The maximum atomic E-state index is 12.6. The second-order valence-corrected chi connectivity index (χ2v) is 7.18. The number of amides is 1. The van der Waals surface area contributed by atoms with Gasteiger partial charge in [0.05, 0.1) is 6.20 Å². The normalized spacial score (nSPS) is 11.8. The van der Waals surface area contributed by atoms with Gasteiger partial charge in [0.15, 0.2) is 0 Å². The van der Waals surface area contributed by atoms with E-state index in [0.717, 1.165) is 5.56 Å². The van der Waals surface area contributed by atoms with Crippen molar-refractivity contribution in [2.45, 2.75) is 12.5 Å². The van der Waals surface area contributed by atoms with Gasteiger partial charge in [-0.05, 0) is 24.1 Å². The fraction of sp³-hybridized carbons (Fsp3) is 0.222. The third kappa shape index (κ3) is 4.79. The highest BCUT2D eigenvalue weighted by Crippen LogP contribution is 2.24. The highest BCUT2D eigenvalue weighted by Gasteiger charge is 2.17. The topological polar surface area (TPSA) is 106 Å². The SMILES string of the molecule is CNc1nccc(-c2ncc(C(=O)NC(CN)Cc3ccccc3Cl)s2)n1. The molecule has 1 amide bonds. The second kappa shape index (κ2) is 8.90. The summed E-state index contributed by atoms with van der Waals surface area (Å²) in [6.45, 7) is 0.306. The van der Waals surface area contributed by atoms with Crippen molar-refractivity contribution in [3.05, 3.63) is 58.2 Å². The van der Waals surface area contributed by atoms with E-state index in [0.29, 0.717) is 39.5 Å². The molecule has 0 bridgehead atoms. The quantitative estimate of drug-likeness (QED) is 0.561. The lowest BCUT2D eigenvalue weighted by atomic mass is 10.1. The molecule has 1 atom stereocenters. The van der Waals surface area contributed by atoms with Crippen molar-refractivity contribution in [2.75, 3.05) is 18.9 Å². The summed E-state index contributed by atoms with van der Waals surface area (Å²) in [5, 5.41) is 7.14. The molecule has 27 heavy (non-hydrogen) atoms. The van der Waals surface area contributed by atoms with Crippen LogP contribution in [-0.2, 0) is 6.42 Å². The summed E-state index contributed by atoms with van der Waals surface area (Å²) in [5.74, 6) is 0.279. The van der Waals surface area contributed by atoms with Crippen LogP contribution in [0.15, 0.2) is 42.7 Å². The molecule has 7 nitrogen and oxygen atoms in total. The van der Waals surface area contributed by atoms with Crippen LogP contribution in [0.25, 0.3) is 10.7 Å². The van der Waals surface area contributed by atoms with E-state index in [1.165, 1.54) is 11.3 Å². The largest absolute Gasteiger partial charge is 0.357 e. The molecule has 0 spiro atoms. The number of rotatable bonds is 7. The predicted molar refractivity (Wildman–Crippen MR) is 108 cm³/mol. The number of nitrogens with two attached hydrogens (primary N) is 1. The standard InChI is InChI=1S/C18H19ClN6OS/c1-21-18-22-7-6-14(25-18)17-23-10-15(27-17)16(26)24-12(9-20)8-11-4-2-3-5-13(11)19/h2-7,10,12H,8-9,20H2,1H3,(H,24,26)(H,21,22,25). The average Bonchev–Trinajstić information content (AvgIpc) is 3.19. The van der Waals surface area contributed by atoms with Crippen molar-refractivity contribution < 1.29 is 4.79 Å². The van der Waals surface area contributed by atoms with Gasteiger partial charge >= 0.3 is 0 Å². The minimum absolute atomic E-state index is 0.218. The van der Waals surface area contributed by atoms with E-state index in [1.807, 2.05) is 24.3 Å². The molecule has 140 valence electrons. The molecule has 4 N–H and O–H groups in total. The molecule has 0 saturated carbocycles. The summed E-state index contributed by atoms with van der Waals surface area (Å²) in [6.07, 6.45) is 3.74. The molecule has 1 unspecified atom stereocenters. The van der Waals surface area contributed by atoms with E-state index < -0.39 is 0 Å². The Bertz CT molecular complexity index is 931. The summed E-state index contributed by atoms with van der Waals surface area (Å²) in [6, 6.07) is 9.05. The Hall–Kier alpha value is -2.55. The van der Waals surface area contributed by atoms with Crippen molar-refractivity contribution in [1.82, 2.24) is 20.3 Å². The molecular weight excluding hydrogens is 384 g/mol. The second-order valence-electron chi connectivity index (χ2n) is 5.75. The first-order valence-electron chi connectivity index (χ1n) is 8.32. The van der Waals surface area contributed by atoms with Crippen LogP contribution >= 0.6 is 22.9 Å². The van der Waals surface area contributed by atoms with Gasteiger partial charge in [-0.3, -0.25) is 4.79 Å². The molecule has 2 heterocycles. The van der Waals surface area contributed by atoms with E-state index in [4.69, 9.17) is 17.3 Å². The Morgan fingerprint density at radius 2 is 2.11 bits per heavy atom. The maximum absolute atomic E-state index is 12.6. The molecule has 0 aliphatic rings. The first-order chi connectivity index (χ1) is 13.1. The zero-order chi connectivity index (χ0) is 19.2. The number of halogens is 1. The first-order valence-corrected chi connectivity index (χ1v) is 9.51. The summed E-state index contributed by atoms with van der Waals surface area (Å²) in [4.78, 5) is 25.8. The molecular formula is C18H19ClN6OS. The monoisotopic (exact) mass is 402 g/mol. The number of aromatic nitrogens is 3. The lowest BCUT2D eigenvalue weighted by molar-refractivity contribution is 0.0942. The van der Waals surface area contributed by atoms with Gasteiger partial charge in [-0.1, -0.05) is 29.8 Å². The van der Waals surface area contributed by atoms with Gasteiger partial charge in [-0.15, -0.1) is 11.3 Å². The highest BCUT2D eigenvalue weighted by molar-refractivity contribution is 7.16. The summed E-state index contributed by atoms with van der Waals surface area (Å²) < 4.78 is 0. The van der Waals surface area contributed by atoms with Gasteiger partial charge in [-0.25, -0.2) is 15.0 Å².